The van der Waals surface area contributed by atoms with Gasteiger partial charge in [-0.2, -0.15) is 0 Å². The van der Waals surface area contributed by atoms with E-state index in [1.165, 1.54) is 25.5 Å². The second-order valence-electron chi connectivity index (χ2n) is 5.23. The van der Waals surface area contributed by atoms with E-state index in [0.29, 0.717) is 6.04 Å². The average Bonchev–Trinajstić information content (AvgIpc) is 2.86. The topological polar surface area (TPSA) is 15.3 Å². The Morgan fingerprint density at radius 1 is 1.53 bits per heavy atom. The number of benzene rings is 1. The molecule has 1 saturated heterocycles. The number of nitrogens with zero attached hydrogens (tertiary/aromatic N) is 1. The summed E-state index contributed by atoms with van der Waals surface area (Å²) in [5, 5.41) is 3.68. The Hall–Kier alpha value is -0.640. The summed E-state index contributed by atoms with van der Waals surface area (Å²) in [6.07, 6.45) is 2.53. The van der Waals surface area contributed by atoms with E-state index >= 15 is 0 Å². The van der Waals surface area contributed by atoms with E-state index in [1.807, 2.05) is 6.07 Å². The van der Waals surface area contributed by atoms with Gasteiger partial charge >= 0.3 is 0 Å². The van der Waals surface area contributed by atoms with Gasteiger partial charge in [0, 0.05) is 18.6 Å². The predicted octanol–water partition coefficient (Wildman–Crippen LogP) is 3.61. The Kier molecular flexibility index (Phi) is 5.20. The predicted molar refractivity (Wildman–Crippen MR) is 78.1 cm³/mol. The summed E-state index contributed by atoms with van der Waals surface area (Å²) in [6, 6.07) is 5.79. The Bertz CT molecular complexity index is 425. The van der Waals surface area contributed by atoms with E-state index < -0.39 is 0 Å². The molecule has 0 aromatic heterocycles. The molecule has 0 saturated carbocycles. The Morgan fingerprint density at radius 2 is 2.32 bits per heavy atom. The molecule has 0 aliphatic carbocycles. The second kappa shape index (κ2) is 6.69. The highest BCUT2D eigenvalue weighted by Gasteiger charge is 2.23. The number of halogens is 2. The number of likely N-dealkylation sites (tertiary alicyclic amines) is 1. The van der Waals surface area contributed by atoms with Crippen molar-refractivity contribution in [1.82, 2.24) is 10.2 Å². The van der Waals surface area contributed by atoms with Crippen molar-refractivity contribution in [2.45, 2.75) is 38.8 Å². The number of nitrogens with one attached hydrogen (secondary N) is 1. The summed E-state index contributed by atoms with van der Waals surface area (Å²) < 4.78 is 13.4. The molecule has 1 heterocycles. The maximum atomic E-state index is 13.4. The largest absolute Gasteiger partial charge is 0.309 e. The number of hydrogen-bond acceptors (Lipinski definition) is 2. The number of hydrogen-bond donors (Lipinski definition) is 1. The Morgan fingerprint density at radius 3 is 3.00 bits per heavy atom. The van der Waals surface area contributed by atoms with Crippen molar-refractivity contribution in [2.75, 3.05) is 19.6 Å². The number of likely N-dealkylation sites (N-methyl/N-ethyl adjacent to an activating group) is 1. The molecule has 1 aliphatic rings. The minimum atomic E-state index is -0.344. The minimum Gasteiger partial charge on any atom is -0.309 e. The van der Waals surface area contributed by atoms with Gasteiger partial charge in [-0.05, 0) is 50.6 Å². The van der Waals surface area contributed by atoms with Gasteiger partial charge in [-0.15, -0.1) is 0 Å². The van der Waals surface area contributed by atoms with Crippen LogP contribution in [0.1, 0.15) is 38.3 Å². The lowest BCUT2D eigenvalue weighted by molar-refractivity contribution is 0.255. The first-order valence-electron chi connectivity index (χ1n) is 7.04. The zero-order valence-corrected chi connectivity index (χ0v) is 12.4. The maximum Gasteiger partial charge on any atom is 0.142 e. The van der Waals surface area contributed by atoms with Crippen LogP contribution in [-0.2, 0) is 0 Å². The van der Waals surface area contributed by atoms with Gasteiger partial charge in [-0.1, -0.05) is 24.6 Å². The third kappa shape index (κ3) is 3.68. The van der Waals surface area contributed by atoms with Crippen molar-refractivity contribution < 1.29 is 4.39 Å². The monoisotopic (exact) mass is 284 g/mol. The summed E-state index contributed by atoms with van der Waals surface area (Å²) in [4.78, 5) is 2.50. The van der Waals surface area contributed by atoms with Crippen molar-refractivity contribution in [3.8, 4) is 0 Å². The van der Waals surface area contributed by atoms with Gasteiger partial charge in [0.05, 0.1) is 5.02 Å². The van der Waals surface area contributed by atoms with E-state index in [1.54, 1.807) is 6.07 Å². The molecule has 1 N–H and O–H groups in total. The lowest BCUT2D eigenvalue weighted by Gasteiger charge is -2.25. The van der Waals surface area contributed by atoms with Gasteiger partial charge in [-0.3, -0.25) is 4.90 Å². The van der Waals surface area contributed by atoms with Crippen LogP contribution in [0.15, 0.2) is 18.2 Å². The lowest BCUT2D eigenvalue weighted by atomic mass is 10.1. The van der Waals surface area contributed by atoms with E-state index in [9.17, 15) is 4.39 Å². The Balaban J connectivity index is 1.90. The minimum absolute atomic E-state index is 0.145. The quantitative estimate of drug-likeness (QED) is 0.888. The molecule has 1 fully saturated rings. The fourth-order valence-electron chi connectivity index (χ4n) is 2.76. The molecule has 1 aliphatic heterocycles. The first-order chi connectivity index (χ1) is 9.11. The van der Waals surface area contributed by atoms with Crippen LogP contribution in [0.4, 0.5) is 4.39 Å². The van der Waals surface area contributed by atoms with Crippen molar-refractivity contribution in [3.63, 3.8) is 0 Å². The summed E-state index contributed by atoms with van der Waals surface area (Å²) in [6.45, 7) is 7.53. The zero-order valence-electron chi connectivity index (χ0n) is 11.6. The normalized spacial score (nSPS) is 21.8. The molecule has 4 heteroatoms. The maximum absolute atomic E-state index is 13.4. The molecule has 2 rings (SSSR count). The molecule has 1 aromatic carbocycles. The van der Waals surface area contributed by atoms with Gasteiger partial charge < -0.3 is 5.32 Å². The highest BCUT2D eigenvalue weighted by atomic mass is 35.5. The van der Waals surface area contributed by atoms with Gasteiger partial charge in [-0.25, -0.2) is 4.39 Å². The zero-order chi connectivity index (χ0) is 13.8. The molecule has 19 heavy (non-hydrogen) atoms. The average molecular weight is 285 g/mol. The molecule has 106 valence electrons. The van der Waals surface area contributed by atoms with Crippen molar-refractivity contribution in [1.29, 1.82) is 0 Å². The molecular weight excluding hydrogens is 263 g/mol. The molecule has 0 radical (unpaired) electrons. The van der Waals surface area contributed by atoms with Gasteiger partial charge in [0.15, 0.2) is 0 Å². The molecule has 1 aromatic rings. The van der Waals surface area contributed by atoms with Crippen LogP contribution in [0, 0.1) is 5.82 Å². The lowest BCUT2D eigenvalue weighted by Crippen LogP contribution is -2.38. The smallest absolute Gasteiger partial charge is 0.142 e. The molecular formula is C15H22ClFN2. The standard InChI is InChI=1S/C15H22ClFN2/c1-3-19-8-4-5-13(19)10-18-11(2)12-6-7-14(16)15(17)9-12/h6-7,9,11,13,18H,3-5,8,10H2,1-2H3. The van der Waals surface area contributed by atoms with Crippen molar-refractivity contribution in [3.05, 3.63) is 34.6 Å². The van der Waals surface area contributed by atoms with Crippen molar-refractivity contribution in [2.24, 2.45) is 0 Å². The summed E-state index contributed by atoms with van der Waals surface area (Å²) in [5.74, 6) is -0.344. The van der Waals surface area contributed by atoms with E-state index in [4.69, 9.17) is 11.6 Å². The molecule has 0 amide bonds. The third-order valence-corrected chi connectivity index (χ3v) is 4.32. The summed E-state index contributed by atoms with van der Waals surface area (Å²) in [7, 11) is 0. The third-order valence-electron chi connectivity index (χ3n) is 4.01. The number of rotatable bonds is 5. The first-order valence-corrected chi connectivity index (χ1v) is 7.42. The first kappa shape index (κ1) is 14.8. The molecule has 2 unspecified atom stereocenters. The van der Waals surface area contributed by atoms with Crippen LogP contribution in [0.5, 0.6) is 0 Å². The van der Waals surface area contributed by atoms with E-state index in [-0.39, 0.29) is 16.9 Å². The SMILES string of the molecule is CCN1CCCC1CNC(C)c1ccc(Cl)c(F)c1. The van der Waals surface area contributed by atoms with Gasteiger partial charge in [0.1, 0.15) is 5.82 Å². The molecule has 2 nitrogen and oxygen atoms in total. The van der Waals surface area contributed by atoms with Crippen LogP contribution >= 0.6 is 11.6 Å². The van der Waals surface area contributed by atoms with Crippen LogP contribution < -0.4 is 5.32 Å². The summed E-state index contributed by atoms with van der Waals surface area (Å²) >= 11 is 5.70. The van der Waals surface area contributed by atoms with E-state index in [2.05, 4.69) is 24.1 Å². The van der Waals surface area contributed by atoms with E-state index in [0.717, 1.165) is 18.7 Å². The second-order valence-corrected chi connectivity index (χ2v) is 5.64. The molecule has 0 bridgehead atoms. The van der Waals surface area contributed by atoms with Crippen molar-refractivity contribution >= 4 is 11.6 Å². The van der Waals surface area contributed by atoms with Gasteiger partial charge in [0.25, 0.3) is 0 Å². The highest BCUT2D eigenvalue weighted by molar-refractivity contribution is 6.30. The highest BCUT2D eigenvalue weighted by Crippen LogP contribution is 2.21. The van der Waals surface area contributed by atoms with Crippen LogP contribution in [-0.4, -0.2) is 30.6 Å². The fraction of sp³-hybridized carbons (Fsp3) is 0.600. The molecule has 0 spiro atoms. The fourth-order valence-corrected chi connectivity index (χ4v) is 2.87. The molecule has 2 atom stereocenters. The van der Waals surface area contributed by atoms with Crippen LogP contribution in [0.2, 0.25) is 5.02 Å². The Labute approximate surface area is 119 Å². The van der Waals surface area contributed by atoms with Gasteiger partial charge in [0.2, 0.25) is 0 Å². The van der Waals surface area contributed by atoms with Crippen LogP contribution in [0.25, 0.3) is 0 Å². The summed E-state index contributed by atoms with van der Waals surface area (Å²) in [5.41, 5.74) is 0.947. The van der Waals surface area contributed by atoms with Crippen LogP contribution in [0.3, 0.4) is 0 Å².